The van der Waals surface area contributed by atoms with Crippen molar-refractivity contribution in [3.8, 4) is 0 Å². The van der Waals surface area contributed by atoms with Gasteiger partial charge in [0.2, 0.25) is 5.16 Å². The second kappa shape index (κ2) is 4.30. The topological polar surface area (TPSA) is 111 Å². The summed E-state index contributed by atoms with van der Waals surface area (Å²) < 4.78 is 0.798. The minimum atomic E-state index is -1.00. The van der Waals surface area contributed by atoms with E-state index in [1.165, 1.54) is 13.8 Å². The fourth-order valence-corrected chi connectivity index (χ4v) is 1.46. The Morgan fingerprint density at radius 2 is 2.20 bits per heavy atom. The van der Waals surface area contributed by atoms with Crippen LogP contribution in [0.15, 0.2) is 9.95 Å². The van der Waals surface area contributed by atoms with Gasteiger partial charge in [0.1, 0.15) is 10.9 Å². The van der Waals surface area contributed by atoms with Gasteiger partial charge < -0.3 is 10.9 Å². The molecule has 1 unspecified atom stereocenters. The molecule has 1 atom stereocenters. The Bertz CT molecular complexity index is 444. The molecule has 0 amide bonds. The lowest BCUT2D eigenvalue weighted by atomic mass is 10.5. The molecule has 15 heavy (non-hydrogen) atoms. The Kier molecular flexibility index (Phi) is 3.30. The third kappa shape index (κ3) is 2.46. The summed E-state index contributed by atoms with van der Waals surface area (Å²) in [6, 6.07) is 0. The number of carboxylic acid groups (broad SMARTS) is 1. The van der Waals surface area contributed by atoms with Gasteiger partial charge in [-0.05, 0) is 13.8 Å². The molecule has 1 rings (SSSR count). The molecule has 0 radical (unpaired) electrons. The highest BCUT2D eigenvalue weighted by Crippen LogP contribution is 2.18. The number of carbonyl (C=O) groups is 1. The Morgan fingerprint density at radius 3 is 2.73 bits per heavy atom. The highest BCUT2D eigenvalue weighted by atomic mass is 32.2. The van der Waals surface area contributed by atoms with E-state index >= 15 is 0 Å². The van der Waals surface area contributed by atoms with Gasteiger partial charge >= 0.3 is 5.97 Å². The minimum Gasteiger partial charge on any atom is -0.480 e. The number of carboxylic acids is 1. The third-order valence-electron chi connectivity index (χ3n) is 1.65. The first-order valence-electron chi connectivity index (χ1n) is 4.04. The van der Waals surface area contributed by atoms with E-state index < -0.39 is 16.8 Å². The first-order chi connectivity index (χ1) is 6.93. The first kappa shape index (κ1) is 11.5. The summed E-state index contributed by atoms with van der Waals surface area (Å²) in [6.45, 7) is 2.95. The van der Waals surface area contributed by atoms with Gasteiger partial charge in [0.05, 0.1) is 0 Å². The lowest BCUT2D eigenvalue weighted by Crippen LogP contribution is -2.33. The molecule has 0 saturated heterocycles. The summed E-state index contributed by atoms with van der Waals surface area (Å²) in [5.74, 6) is 4.41. The third-order valence-corrected chi connectivity index (χ3v) is 2.69. The van der Waals surface area contributed by atoms with Gasteiger partial charge in [-0.15, -0.1) is 10.2 Å². The maximum Gasteiger partial charge on any atom is 0.316 e. The quantitative estimate of drug-likeness (QED) is 0.517. The van der Waals surface area contributed by atoms with E-state index in [-0.39, 0.29) is 10.9 Å². The van der Waals surface area contributed by atoms with E-state index in [1.807, 2.05) is 0 Å². The molecule has 1 aromatic rings. The largest absolute Gasteiger partial charge is 0.480 e. The average Bonchev–Trinajstić information content (AvgIpc) is 2.18. The zero-order chi connectivity index (χ0) is 11.6. The summed E-state index contributed by atoms with van der Waals surface area (Å²) in [5, 5.41) is 15.2. The molecule has 0 aliphatic carbocycles. The van der Waals surface area contributed by atoms with Gasteiger partial charge in [0.25, 0.3) is 5.56 Å². The van der Waals surface area contributed by atoms with Crippen LogP contribution in [0.4, 0.5) is 0 Å². The van der Waals surface area contributed by atoms with Gasteiger partial charge in [-0.2, -0.15) is 4.68 Å². The number of nitrogen functional groups attached to an aromatic ring is 1. The Balaban J connectivity index is 3.02. The smallest absolute Gasteiger partial charge is 0.316 e. The predicted octanol–water partition coefficient (Wildman–Crippen LogP) is -0.774. The van der Waals surface area contributed by atoms with Crippen LogP contribution >= 0.6 is 11.8 Å². The first-order valence-corrected chi connectivity index (χ1v) is 4.92. The number of hydrogen-bond donors (Lipinski definition) is 2. The van der Waals surface area contributed by atoms with Crippen molar-refractivity contribution in [2.24, 2.45) is 0 Å². The predicted molar refractivity (Wildman–Crippen MR) is 54.1 cm³/mol. The van der Waals surface area contributed by atoms with Crippen molar-refractivity contribution >= 4 is 17.7 Å². The SMILES string of the molecule is Cc1nnc(SC(C)C(=O)O)n(N)c1=O. The second-order valence-corrected chi connectivity index (χ2v) is 4.15. The van der Waals surface area contributed by atoms with Crippen molar-refractivity contribution in [2.75, 3.05) is 5.84 Å². The van der Waals surface area contributed by atoms with Crippen molar-refractivity contribution in [2.45, 2.75) is 24.3 Å². The number of nitrogens with zero attached hydrogens (tertiary/aromatic N) is 3. The Morgan fingerprint density at radius 1 is 1.60 bits per heavy atom. The molecule has 1 aromatic heterocycles. The summed E-state index contributed by atoms with van der Waals surface area (Å²) in [4.78, 5) is 21.9. The number of aryl methyl sites for hydroxylation is 1. The zero-order valence-electron chi connectivity index (χ0n) is 8.17. The highest BCUT2D eigenvalue weighted by molar-refractivity contribution is 8.00. The monoisotopic (exact) mass is 230 g/mol. The molecule has 0 aliphatic rings. The van der Waals surface area contributed by atoms with Crippen LogP contribution in [0.25, 0.3) is 0 Å². The Labute approximate surface area is 89.3 Å². The Hall–Kier alpha value is -1.57. The van der Waals surface area contributed by atoms with Gasteiger partial charge in [-0.3, -0.25) is 9.59 Å². The molecule has 3 N–H and O–H groups in total. The van der Waals surface area contributed by atoms with E-state index in [9.17, 15) is 9.59 Å². The number of hydrogen-bond acceptors (Lipinski definition) is 6. The molecule has 1 heterocycles. The summed E-state index contributed by atoms with van der Waals surface area (Å²) in [5.41, 5.74) is -0.310. The molecule has 8 heteroatoms. The van der Waals surface area contributed by atoms with E-state index in [4.69, 9.17) is 10.9 Å². The van der Waals surface area contributed by atoms with E-state index in [0.717, 1.165) is 16.4 Å². The van der Waals surface area contributed by atoms with Crippen molar-refractivity contribution in [3.05, 3.63) is 16.0 Å². The number of rotatable bonds is 3. The zero-order valence-corrected chi connectivity index (χ0v) is 8.98. The van der Waals surface area contributed by atoms with Gasteiger partial charge in [-0.1, -0.05) is 11.8 Å². The molecule has 0 spiro atoms. The molecule has 0 saturated carbocycles. The van der Waals surface area contributed by atoms with Crippen LogP contribution in [0, 0.1) is 6.92 Å². The van der Waals surface area contributed by atoms with E-state index in [1.54, 1.807) is 0 Å². The summed E-state index contributed by atoms with van der Waals surface area (Å²) in [6.07, 6.45) is 0. The highest BCUT2D eigenvalue weighted by Gasteiger charge is 2.16. The maximum atomic E-state index is 11.3. The van der Waals surface area contributed by atoms with Gasteiger partial charge in [-0.25, -0.2) is 0 Å². The van der Waals surface area contributed by atoms with Crippen LogP contribution in [0.3, 0.4) is 0 Å². The number of nitrogens with two attached hydrogens (primary N) is 1. The lowest BCUT2D eigenvalue weighted by Gasteiger charge is -2.07. The number of aromatic nitrogens is 3. The molecule has 0 aromatic carbocycles. The van der Waals surface area contributed by atoms with Crippen molar-refractivity contribution in [3.63, 3.8) is 0 Å². The second-order valence-electron chi connectivity index (χ2n) is 2.84. The van der Waals surface area contributed by atoms with Crippen LogP contribution in [-0.2, 0) is 4.79 Å². The summed E-state index contributed by atoms with van der Waals surface area (Å²) in [7, 11) is 0. The standard InChI is InChI=1S/C7H10N4O3S/c1-3-5(12)11(8)7(10-9-3)15-4(2)6(13)14/h4H,8H2,1-2H3,(H,13,14). The molecular weight excluding hydrogens is 220 g/mol. The fourth-order valence-electron chi connectivity index (χ4n) is 0.759. The van der Waals surface area contributed by atoms with Crippen molar-refractivity contribution < 1.29 is 9.90 Å². The molecule has 82 valence electrons. The molecular formula is C7H10N4O3S. The molecule has 0 fully saturated rings. The molecule has 0 aliphatic heterocycles. The van der Waals surface area contributed by atoms with Crippen LogP contribution < -0.4 is 11.4 Å². The van der Waals surface area contributed by atoms with Crippen LogP contribution in [0.2, 0.25) is 0 Å². The molecule has 0 bridgehead atoms. The average molecular weight is 230 g/mol. The minimum absolute atomic E-state index is 0.0838. The van der Waals surface area contributed by atoms with Gasteiger partial charge in [0.15, 0.2) is 0 Å². The van der Waals surface area contributed by atoms with Crippen molar-refractivity contribution in [1.82, 2.24) is 14.9 Å². The number of aliphatic carboxylic acids is 1. The normalized spacial score (nSPS) is 12.4. The van der Waals surface area contributed by atoms with E-state index in [2.05, 4.69) is 10.2 Å². The van der Waals surface area contributed by atoms with Crippen LogP contribution in [0.1, 0.15) is 12.6 Å². The van der Waals surface area contributed by atoms with Crippen LogP contribution in [-0.4, -0.2) is 31.2 Å². The van der Waals surface area contributed by atoms with Gasteiger partial charge in [0, 0.05) is 0 Å². The molecule has 7 nitrogen and oxygen atoms in total. The fraction of sp³-hybridized carbons (Fsp3) is 0.429. The maximum absolute atomic E-state index is 11.3. The summed E-state index contributed by atoms with van der Waals surface area (Å²) >= 11 is 0.866. The number of thioether (sulfide) groups is 1. The van der Waals surface area contributed by atoms with E-state index in [0.29, 0.717) is 0 Å². The van der Waals surface area contributed by atoms with Crippen molar-refractivity contribution in [1.29, 1.82) is 0 Å². The van der Waals surface area contributed by atoms with Crippen LogP contribution in [0.5, 0.6) is 0 Å². The lowest BCUT2D eigenvalue weighted by molar-refractivity contribution is -0.136.